The number of rotatable bonds is 4. The maximum absolute atomic E-state index is 11.8. The fraction of sp³-hybridized carbons (Fsp3) is 0.250. The van der Waals surface area contributed by atoms with Crippen molar-refractivity contribution in [3.63, 3.8) is 0 Å². The van der Waals surface area contributed by atoms with E-state index in [0.29, 0.717) is 30.0 Å². The standard InChI is InChI=1S/C12H15N5O.ClH/c1-17-8-15-11(16-17)6-7-14-12(18)9-4-2-3-5-10(9)13;/h2-5,8H,6-7,13H2,1H3,(H,14,18);1H. The number of para-hydroxylation sites is 1. The average molecular weight is 282 g/mol. The Balaban J connectivity index is 0.00000180. The molecule has 6 nitrogen and oxygen atoms in total. The van der Waals surface area contributed by atoms with Gasteiger partial charge in [0.15, 0.2) is 5.82 Å². The van der Waals surface area contributed by atoms with Gasteiger partial charge >= 0.3 is 0 Å². The van der Waals surface area contributed by atoms with Crippen LogP contribution in [0.4, 0.5) is 5.69 Å². The van der Waals surface area contributed by atoms with E-state index in [9.17, 15) is 4.79 Å². The Bertz CT molecular complexity index is 555. The van der Waals surface area contributed by atoms with Gasteiger partial charge in [0, 0.05) is 25.7 Å². The number of nitrogens with zero attached hydrogens (tertiary/aromatic N) is 3. The van der Waals surface area contributed by atoms with Crippen LogP contribution in [0.15, 0.2) is 30.6 Å². The summed E-state index contributed by atoms with van der Waals surface area (Å²) >= 11 is 0. The molecule has 7 heteroatoms. The lowest BCUT2D eigenvalue weighted by molar-refractivity contribution is 0.0955. The highest BCUT2D eigenvalue weighted by atomic mass is 35.5. The zero-order valence-electron chi connectivity index (χ0n) is 10.5. The van der Waals surface area contributed by atoms with Crippen LogP contribution in [0.25, 0.3) is 0 Å². The van der Waals surface area contributed by atoms with Crippen LogP contribution in [0.1, 0.15) is 16.2 Å². The van der Waals surface area contributed by atoms with Gasteiger partial charge < -0.3 is 11.1 Å². The minimum Gasteiger partial charge on any atom is -0.398 e. The number of aryl methyl sites for hydroxylation is 1. The quantitative estimate of drug-likeness (QED) is 0.812. The maximum atomic E-state index is 11.8. The van der Waals surface area contributed by atoms with Crippen molar-refractivity contribution in [2.24, 2.45) is 7.05 Å². The first-order valence-corrected chi connectivity index (χ1v) is 5.64. The molecular weight excluding hydrogens is 266 g/mol. The predicted octanol–water partition coefficient (Wildman–Crippen LogP) is 0.792. The number of nitrogens with one attached hydrogen (secondary N) is 1. The third-order valence-corrected chi connectivity index (χ3v) is 2.49. The van der Waals surface area contributed by atoms with Gasteiger partial charge in [0.1, 0.15) is 6.33 Å². The Hall–Kier alpha value is -2.08. The second kappa shape index (κ2) is 6.75. The van der Waals surface area contributed by atoms with E-state index in [1.54, 1.807) is 42.3 Å². The Labute approximate surface area is 117 Å². The topological polar surface area (TPSA) is 85.8 Å². The maximum Gasteiger partial charge on any atom is 0.253 e. The molecular formula is C12H16ClN5O. The highest BCUT2D eigenvalue weighted by Crippen LogP contribution is 2.09. The highest BCUT2D eigenvalue weighted by Gasteiger charge is 2.08. The van der Waals surface area contributed by atoms with Crippen molar-refractivity contribution in [3.05, 3.63) is 42.0 Å². The molecule has 1 aromatic carbocycles. The van der Waals surface area contributed by atoms with Gasteiger partial charge in [0.2, 0.25) is 0 Å². The molecule has 0 radical (unpaired) electrons. The summed E-state index contributed by atoms with van der Waals surface area (Å²) in [6.45, 7) is 0.483. The number of carbonyl (C=O) groups excluding carboxylic acids is 1. The SMILES string of the molecule is Cl.Cn1cnc(CCNC(=O)c2ccccc2N)n1. The molecule has 0 aliphatic carbocycles. The van der Waals surface area contributed by atoms with Crippen LogP contribution in [-0.2, 0) is 13.5 Å². The molecule has 0 unspecified atom stereocenters. The molecule has 19 heavy (non-hydrogen) atoms. The molecule has 1 heterocycles. The molecule has 0 fully saturated rings. The van der Waals surface area contributed by atoms with E-state index in [-0.39, 0.29) is 18.3 Å². The fourth-order valence-corrected chi connectivity index (χ4v) is 1.59. The molecule has 3 N–H and O–H groups in total. The second-order valence-electron chi connectivity index (χ2n) is 3.93. The first kappa shape index (κ1) is 15.0. The number of nitrogen functional groups attached to an aromatic ring is 1. The Morgan fingerprint density at radius 1 is 1.42 bits per heavy atom. The first-order chi connectivity index (χ1) is 8.66. The molecule has 0 atom stereocenters. The van der Waals surface area contributed by atoms with Gasteiger partial charge in [-0.25, -0.2) is 4.98 Å². The number of benzene rings is 1. The van der Waals surface area contributed by atoms with Crippen LogP contribution in [0.5, 0.6) is 0 Å². The lowest BCUT2D eigenvalue weighted by Gasteiger charge is -2.05. The molecule has 0 spiro atoms. The van der Waals surface area contributed by atoms with E-state index in [1.807, 2.05) is 0 Å². The van der Waals surface area contributed by atoms with E-state index in [4.69, 9.17) is 5.73 Å². The van der Waals surface area contributed by atoms with Gasteiger partial charge in [0.25, 0.3) is 5.91 Å². The lowest BCUT2D eigenvalue weighted by Crippen LogP contribution is -2.26. The number of carbonyl (C=O) groups is 1. The summed E-state index contributed by atoms with van der Waals surface area (Å²) in [5.74, 6) is 0.530. The summed E-state index contributed by atoms with van der Waals surface area (Å²) in [4.78, 5) is 15.9. The highest BCUT2D eigenvalue weighted by molar-refractivity contribution is 5.99. The van der Waals surface area contributed by atoms with Gasteiger partial charge in [-0.05, 0) is 12.1 Å². The van der Waals surface area contributed by atoms with Gasteiger partial charge in [-0.2, -0.15) is 5.10 Å². The number of hydrogen-bond acceptors (Lipinski definition) is 4. The van der Waals surface area contributed by atoms with Crippen molar-refractivity contribution in [2.45, 2.75) is 6.42 Å². The van der Waals surface area contributed by atoms with Crippen LogP contribution < -0.4 is 11.1 Å². The average Bonchev–Trinajstić information content (AvgIpc) is 2.75. The van der Waals surface area contributed by atoms with Crippen molar-refractivity contribution in [1.82, 2.24) is 20.1 Å². The predicted molar refractivity (Wildman–Crippen MR) is 75.1 cm³/mol. The number of amides is 1. The molecule has 0 saturated heterocycles. The van der Waals surface area contributed by atoms with E-state index in [2.05, 4.69) is 15.4 Å². The van der Waals surface area contributed by atoms with Crippen molar-refractivity contribution in [3.8, 4) is 0 Å². The van der Waals surface area contributed by atoms with Gasteiger partial charge in [-0.3, -0.25) is 9.48 Å². The fourth-order valence-electron chi connectivity index (χ4n) is 1.59. The molecule has 2 aromatic rings. The third-order valence-electron chi connectivity index (χ3n) is 2.49. The van der Waals surface area contributed by atoms with Crippen LogP contribution in [0.2, 0.25) is 0 Å². The van der Waals surface area contributed by atoms with E-state index in [0.717, 1.165) is 0 Å². The van der Waals surface area contributed by atoms with Gasteiger partial charge in [-0.15, -0.1) is 12.4 Å². The Kier molecular flexibility index (Phi) is 5.32. The van der Waals surface area contributed by atoms with Crippen molar-refractivity contribution in [1.29, 1.82) is 0 Å². The third kappa shape index (κ3) is 3.96. The monoisotopic (exact) mass is 281 g/mol. The van der Waals surface area contributed by atoms with Gasteiger partial charge in [-0.1, -0.05) is 12.1 Å². The molecule has 0 saturated carbocycles. The smallest absolute Gasteiger partial charge is 0.253 e. The lowest BCUT2D eigenvalue weighted by atomic mass is 10.1. The van der Waals surface area contributed by atoms with E-state index < -0.39 is 0 Å². The van der Waals surface area contributed by atoms with Gasteiger partial charge in [0.05, 0.1) is 5.56 Å². The molecule has 0 bridgehead atoms. The minimum absolute atomic E-state index is 0. The summed E-state index contributed by atoms with van der Waals surface area (Å²) in [5, 5.41) is 6.92. The minimum atomic E-state index is -0.177. The first-order valence-electron chi connectivity index (χ1n) is 5.64. The zero-order chi connectivity index (χ0) is 13.0. The van der Waals surface area contributed by atoms with Crippen molar-refractivity contribution in [2.75, 3.05) is 12.3 Å². The molecule has 1 aromatic heterocycles. The van der Waals surface area contributed by atoms with Crippen molar-refractivity contribution < 1.29 is 4.79 Å². The Morgan fingerprint density at radius 2 is 2.16 bits per heavy atom. The molecule has 1 amide bonds. The van der Waals surface area contributed by atoms with Crippen LogP contribution >= 0.6 is 12.4 Å². The molecule has 0 aliphatic heterocycles. The summed E-state index contributed by atoms with van der Waals surface area (Å²) in [6, 6.07) is 6.98. The number of nitrogens with two attached hydrogens (primary N) is 1. The summed E-state index contributed by atoms with van der Waals surface area (Å²) in [6.07, 6.45) is 2.23. The van der Waals surface area contributed by atoms with Crippen LogP contribution in [0, 0.1) is 0 Å². The van der Waals surface area contributed by atoms with Crippen molar-refractivity contribution >= 4 is 24.0 Å². The zero-order valence-corrected chi connectivity index (χ0v) is 11.4. The molecule has 0 aliphatic rings. The Morgan fingerprint density at radius 3 is 2.79 bits per heavy atom. The number of anilines is 1. The summed E-state index contributed by atoms with van der Waals surface area (Å²) < 4.78 is 1.63. The van der Waals surface area contributed by atoms with E-state index in [1.165, 1.54) is 0 Å². The van der Waals surface area contributed by atoms with Crippen LogP contribution in [-0.4, -0.2) is 27.2 Å². The number of hydrogen-bond donors (Lipinski definition) is 2. The molecule has 102 valence electrons. The van der Waals surface area contributed by atoms with Crippen LogP contribution in [0.3, 0.4) is 0 Å². The second-order valence-corrected chi connectivity index (χ2v) is 3.93. The largest absolute Gasteiger partial charge is 0.398 e. The molecule has 2 rings (SSSR count). The normalized spacial score (nSPS) is 9.74. The summed E-state index contributed by atoms with van der Waals surface area (Å²) in [7, 11) is 1.81. The summed E-state index contributed by atoms with van der Waals surface area (Å²) in [5.41, 5.74) is 6.69. The number of aromatic nitrogens is 3. The van der Waals surface area contributed by atoms with E-state index >= 15 is 0 Å². The number of halogens is 1.